The van der Waals surface area contributed by atoms with E-state index in [4.69, 9.17) is 5.11 Å². The van der Waals surface area contributed by atoms with Gasteiger partial charge in [-0.15, -0.1) is 12.6 Å². The first-order valence-electron chi connectivity index (χ1n) is 6.43. The number of aliphatic hydroxyl groups is 1. The maximum absolute atomic E-state index is 12.4. The molecule has 18 heavy (non-hydrogen) atoms. The van der Waals surface area contributed by atoms with E-state index in [1.165, 1.54) is 0 Å². The summed E-state index contributed by atoms with van der Waals surface area (Å²) in [5.74, 6) is 0.0708. The van der Waals surface area contributed by atoms with Gasteiger partial charge in [0.25, 0.3) is 5.91 Å². The van der Waals surface area contributed by atoms with Gasteiger partial charge in [0, 0.05) is 29.7 Å². The summed E-state index contributed by atoms with van der Waals surface area (Å²) in [6.07, 6.45) is 3.87. The first-order chi connectivity index (χ1) is 8.72. The van der Waals surface area contributed by atoms with E-state index in [0.717, 1.165) is 30.7 Å². The fraction of sp³-hybridized carbons (Fsp3) is 0.500. The van der Waals surface area contributed by atoms with Crippen LogP contribution in [0, 0.1) is 0 Å². The molecule has 1 aromatic carbocycles. The Bertz CT molecular complexity index is 403. The van der Waals surface area contributed by atoms with Gasteiger partial charge in [-0.05, 0) is 49.9 Å². The highest BCUT2D eigenvalue weighted by molar-refractivity contribution is 7.80. The Morgan fingerprint density at radius 3 is 2.72 bits per heavy atom. The Morgan fingerprint density at radius 1 is 1.33 bits per heavy atom. The molecular formula is C14H19NO2S. The molecule has 1 atom stereocenters. The van der Waals surface area contributed by atoms with Crippen LogP contribution in [-0.2, 0) is 0 Å². The number of thiol groups is 1. The molecule has 4 heteroatoms. The minimum Gasteiger partial charge on any atom is -0.396 e. The number of piperidine rings is 1. The lowest BCUT2D eigenvalue weighted by Gasteiger charge is -2.35. The molecule has 1 aliphatic heterocycles. The van der Waals surface area contributed by atoms with E-state index in [9.17, 15) is 4.79 Å². The second-order valence-electron chi connectivity index (χ2n) is 4.71. The number of amides is 1. The van der Waals surface area contributed by atoms with E-state index < -0.39 is 0 Å². The van der Waals surface area contributed by atoms with Crippen molar-refractivity contribution in [2.45, 2.75) is 36.6 Å². The Labute approximate surface area is 113 Å². The lowest BCUT2D eigenvalue weighted by atomic mass is 9.98. The van der Waals surface area contributed by atoms with Gasteiger partial charge < -0.3 is 10.0 Å². The third-order valence-corrected chi connectivity index (χ3v) is 3.76. The number of carbonyl (C=O) groups excluding carboxylic acids is 1. The van der Waals surface area contributed by atoms with Crippen molar-refractivity contribution >= 4 is 18.5 Å². The molecule has 3 nitrogen and oxygen atoms in total. The summed E-state index contributed by atoms with van der Waals surface area (Å²) in [7, 11) is 0. The molecule has 0 saturated carbocycles. The van der Waals surface area contributed by atoms with Crippen LogP contribution in [0.25, 0.3) is 0 Å². The van der Waals surface area contributed by atoms with Crippen LogP contribution >= 0.6 is 12.6 Å². The fourth-order valence-corrected chi connectivity index (χ4v) is 2.64. The van der Waals surface area contributed by atoms with Crippen LogP contribution < -0.4 is 0 Å². The third kappa shape index (κ3) is 3.06. The average Bonchev–Trinajstić information content (AvgIpc) is 2.40. The maximum atomic E-state index is 12.4. The zero-order valence-electron chi connectivity index (χ0n) is 10.4. The Balaban J connectivity index is 2.12. The normalized spacial score (nSPS) is 19.9. The standard InChI is InChI=1S/C14H19NO2S/c16-10-8-12-3-1-2-9-15(12)14(17)11-4-6-13(18)7-5-11/h4-7,12,16,18H,1-3,8-10H2. The highest BCUT2D eigenvalue weighted by atomic mass is 32.1. The highest BCUT2D eigenvalue weighted by Gasteiger charge is 2.26. The SMILES string of the molecule is O=C(c1ccc(S)cc1)N1CCCCC1CCO. The van der Waals surface area contributed by atoms with Gasteiger partial charge in [-0.25, -0.2) is 0 Å². The number of likely N-dealkylation sites (tertiary alicyclic amines) is 1. The first-order valence-corrected chi connectivity index (χ1v) is 6.88. The van der Waals surface area contributed by atoms with Crippen LogP contribution in [0.1, 0.15) is 36.0 Å². The summed E-state index contributed by atoms with van der Waals surface area (Å²) < 4.78 is 0. The molecule has 0 radical (unpaired) electrons. The number of benzene rings is 1. The summed E-state index contributed by atoms with van der Waals surface area (Å²) in [5, 5.41) is 9.08. The summed E-state index contributed by atoms with van der Waals surface area (Å²) >= 11 is 4.22. The lowest BCUT2D eigenvalue weighted by Crippen LogP contribution is -2.44. The average molecular weight is 265 g/mol. The molecule has 1 heterocycles. The van der Waals surface area contributed by atoms with Crippen molar-refractivity contribution < 1.29 is 9.90 Å². The van der Waals surface area contributed by atoms with E-state index in [2.05, 4.69) is 12.6 Å². The zero-order valence-corrected chi connectivity index (χ0v) is 11.3. The molecule has 1 unspecified atom stereocenters. The van der Waals surface area contributed by atoms with E-state index in [1.54, 1.807) is 0 Å². The summed E-state index contributed by atoms with van der Waals surface area (Å²) in [6.45, 7) is 0.941. The van der Waals surface area contributed by atoms with Gasteiger partial charge in [0.15, 0.2) is 0 Å². The molecule has 1 N–H and O–H groups in total. The van der Waals surface area contributed by atoms with Gasteiger partial charge >= 0.3 is 0 Å². The van der Waals surface area contributed by atoms with Gasteiger partial charge in [-0.2, -0.15) is 0 Å². The van der Waals surface area contributed by atoms with Gasteiger partial charge in [0.05, 0.1) is 0 Å². The monoisotopic (exact) mass is 265 g/mol. The van der Waals surface area contributed by atoms with E-state index in [-0.39, 0.29) is 18.6 Å². The molecule has 1 fully saturated rings. The molecule has 0 spiro atoms. The van der Waals surface area contributed by atoms with Gasteiger partial charge in [0.1, 0.15) is 0 Å². The van der Waals surface area contributed by atoms with Crippen molar-refractivity contribution in [3.8, 4) is 0 Å². The van der Waals surface area contributed by atoms with Gasteiger partial charge in [0.2, 0.25) is 0 Å². The lowest BCUT2D eigenvalue weighted by molar-refractivity contribution is 0.0574. The predicted octanol–water partition coefficient (Wildman–Crippen LogP) is 2.35. The van der Waals surface area contributed by atoms with Crippen molar-refractivity contribution in [3.05, 3.63) is 29.8 Å². The molecule has 2 rings (SSSR count). The third-order valence-electron chi connectivity index (χ3n) is 3.46. The van der Waals surface area contributed by atoms with Crippen LogP contribution in [0.2, 0.25) is 0 Å². The Hall–Kier alpha value is -1.00. The smallest absolute Gasteiger partial charge is 0.254 e. The first kappa shape index (κ1) is 13.4. The summed E-state index contributed by atoms with van der Waals surface area (Å²) in [5.41, 5.74) is 0.706. The minimum absolute atomic E-state index is 0.0708. The van der Waals surface area contributed by atoms with Crippen molar-refractivity contribution in [2.24, 2.45) is 0 Å². The molecule has 1 amide bonds. The molecule has 98 valence electrons. The quantitative estimate of drug-likeness (QED) is 0.824. The summed E-state index contributed by atoms with van der Waals surface area (Å²) in [6, 6.07) is 7.49. The van der Waals surface area contributed by atoms with E-state index in [1.807, 2.05) is 29.2 Å². The van der Waals surface area contributed by atoms with E-state index in [0.29, 0.717) is 12.0 Å². The van der Waals surface area contributed by atoms with Crippen molar-refractivity contribution in [1.29, 1.82) is 0 Å². The van der Waals surface area contributed by atoms with Crippen LogP contribution in [-0.4, -0.2) is 35.1 Å². The van der Waals surface area contributed by atoms with Crippen LogP contribution in [0.3, 0.4) is 0 Å². The topological polar surface area (TPSA) is 40.5 Å². The van der Waals surface area contributed by atoms with E-state index >= 15 is 0 Å². The van der Waals surface area contributed by atoms with Gasteiger partial charge in [-0.3, -0.25) is 4.79 Å². The molecule has 0 aromatic heterocycles. The number of nitrogens with zero attached hydrogens (tertiary/aromatic N) is 1. The predicted molar refractivity (Wildman–Crippen MR) is 74.1 cm³/mol. The minimum atomic E-state index is 0.0708. The molecule has 1 aromatic rings. The molecule has 1 aliphatic rings. The number of rotatable bonds is 3. The largest absolute Gasteiger partial charge is 0.396 e. The number of hydrogen-bond acceptors (Lipinski definition) is 3. The van der Waals surface area contributed by atoms with Crippen molar-refractivity contribution in [2.75, 3.05) is 13.2 Å². The number of aliphatic hydroxyl groups excluding tert-OH is 1. The zero-order chi connectivity index (χ0) is 13.0. The maximum Gasteiger partial charge on any atom is 0.254 e. The molecule has 0 bridgehead atoms. The second kappa shape index (κ2) is 6.25. The Kier molecular flexibility index (Phi) is 4.66. The van der Waals surface area contributed by atoms with Crippen LogP contribution in [0.4, 0.5) is 0 Å². The van der Waals surface area contributed by atoms with Crippen molar-refractivity contribution in [1.82, 2.24) is 4.90 Å². The van der Waals surface area contributed by atoms with Gasteiger partial charge in [-0.1, -0.05) is 0 Å². The van der Waals surface area contributed by atoms with Crippen LogP contribution in [0.15, 0.2) is 29.2 Å². The summed E-state index contributed by atoms with van der Waals surface area (Å²) in [4.78, 5) is 15.2. The number of hydrogen-bond donors (Lipinski definition) is 2. The fourth-order valence-electron chi connectivity index (χ4n) is 2.49. The molecule has 0 aliphatic carbocycles. The second-order valence-corrected chi connectivity index (χ2v) is 5.22. The van der Waals surface area contributed by atoms with Crippen LogP contribution in [0.5, 0.6) is 0 Å². The number of carbonyl (C=O) groups is 1. The molecule has 1 saturated heterocycles. The highest BCUT2D eigenvalue weighted by Crippen LogP contribution is 2.22. The van der Waals surface area contributed by atoms with Crippen molar-refractivity contribution in [3.63, 3.8) is 0 Å². The Morgan fingerprint density at radius 2 is 2.06 bits per heavy atom. The molecular weight excluding hydrogens is 246 g/mol.